The smallest absolute Gasteiger partial charge is 0.239 e. The summed E-state index contributed by atoms with van der Waals surface area (Å²) in [6.07, 6.45) is -0.474. The van der Waals surface area contributed by atoms with Crippen LogP contribution in [0.25, 0.3) is 0 Å². The minimum absolute atomic E-state index is 0.0879. The van der Waals surface area contributed by atoms with Crippen LogP contribution in [0.3, 0.4) is 0 Å². The van der Waals surface area contributed by atoms with Crippen molar-refractivity contribution in [1.82, 2.24) is 4.90 Å². The first kappa shape index (κ1) is 22.3. The number of carbonyl (C=O) groups excluding carboxylic acids is 1. The molecule has 8 heteroatoms. The molecule has 0 bridgehead atoms. The third-order valence-corrected chi connectivity index (χ3v) is 4.57. The number of aliphatic hydroxyl groups excluding tert-OH is 4. The number of hydrogen-bond acceptors (Lipinski definition) is 7. The molecular weight excluding hydrogens is 328 g/mol. The molecule has 1 fully saturated rings. The van der Waals surface area contributed by atoms with Crippen LogP contribution in [0.2, 0.25) is 0 Å². The Morgan fingerprint density at radius 1 is 1.28 bits per heavy atom. The van der Waals surface area contributed by atoms with Gasteiger partial charge >= 0.3 is 0 Å². The van der Waals surface area contributed by atoms with Crippen molar-refractivity contribution < 1.29 is 30.0 Å². The Balaban J connectivity index is 2.86. The predicted molar refractivity (Wildman–Crippen MR) is 92.8 cm³/mol. The van der Waals surface area contributed by atoms with Crippen LogP contribution in [-0.2, 0) is 9.53 Å². The van der Waals surface area contributed by atoms with E-state index in [2.05, 4.69) is 0 Å². The van der Waals surface area contributed by atoms with Crippen molar-refractivity contribution in [2.24, 2.45) is 5.73 Å². The Hall–Kier alpha value is -0.770. The fraction of sp³-hybridized carbons (Fsp3) is 0.941. The fourth-order valence-corrected chi connectivity index (χ4v) is 3.03. The van der Waals surface area contributed by atoms with Gasteiger partial charge in [0, 0.05) is 19.7 Å². The lowest BCUT2D eigenvalue weighted by molar-refractivity contribution is -0.152. The number of aliphatic hydroxyl groups is 4. The highest BCUT2D eigenvalue weighted by molar-refractivity contribution is 5.81. The van der Waals surface area contributed by atoms with E-state index in [4.69, 9.17) is 15.6 Å². The van der Waals surface area contributed by atoms with E-state index in [1.807, 2.05) is 6.92 Å². The van der Waals surface area contributed by atoms with Gasteiger partial charge in [0.15, 0.2) is 0 Å². The minimum Gasteiger partial charge on any atom is -0.394 e. The number of β-amino-alcohol motifs (C(OH)–C–C–N with tert-alkyl or cyclic N) is 1. The molecule has 1 rings (SSSR count). The number of carbonyl (C=O) groups is 1. The quantitative estimate of drug-likeness (QED) is 0.422. The molecule has 1 heterocycles. The average molecular weight is 362 g/mol. The summed E-state index contributed by atoms with van der Waals surface area (Å²) < 4.78 is 5.48. The van der Waals surface area contributed by atoms with E-state index in [0.717, 1.165) is 32.1 Å². The highest BCUT2D eigenvalue weighted by Crippen LogP contribution is 2.15. The van der Waals surface area contributed by atoms with E-state index < -0.39 is 37.1 Å². The van der Waals surface area contributed by atoms with Crippen molar-refractivity contribution in [3.63, 3.8) is 0 Å². The SMILES string of the molecule is CCC[C@@H](N)C(=O)N1CCCCCCO[C@H]([C@H](O)CO)[C@H](O)[C@H](O)C1. The number of amides is 1. The molecule has 0 unspecified atom stereocenters. The van der Waals surface area contributed by atoms with E-state index in [1.54, 1.807) is 0 Å². The Kier molecular flexibility index (Phi) is 10.5. The van der Waals surface area contributed by atoms with Crippen molar-refractivity contribution in [2.75, 3.05) is 26.3 Å². The second-order valence-electron chi connectivity index (χ2n) is 6.74. The van der Waals surface area contributed by atoms with Crippen LogP contribution in [-0.4, -0.2) is 88.0 Å². The summed E-state index contributed by atoms with van der Waals surface area (Å²) in [6, 6.07) is -0.627. The van der Waals surface area contributed by atoms with Gasteiger partial charge in [0.25, 0.3) is 0 Å². The number of nitrogens with zero attached hydrogens (tertiary/aromatic N) is 1. The molecule has 25 heavy (non-hydrogen) atoms. The lowest BCUT2D eigenvalue weighted by Crippen LogP contribution is -2.54. The molecule has 8 nitrogen and oxygen atoms in total. The van der Waals surface area contributed by atoms with Gasteiger partial charge in [-0.3, -0.25) is 4.79 Å². The van der Waals surface area contributed by atoms with E-state index in [1.165, 1.54) is 4.90 Å². The van der Waals surface area contributed by atoms with Crippen LogP contribution < -0.4 is 5.73 Å². The van der Waals surface area contributed by atoms with Gasteiger partial charge in [-0.15, -0.1) is 0 Å². The maximum atomic E-state index is 12.5. The predicted octanol–water partition coefficient (Wildman–Crippen LogP) is -1.02. The molecule has 0 radical (unpaired) electrons. The van der Waals surface area contributed by atoms with Gasteiger partial charge in [-0.05, 0) is 19.3 Å². The van der Waals surface area contributed by atoms with Crippen LogP contribution in [0.15, 0.2) is 0 Å². The molecule has 6 N–H and O–H groups in total. The number of nitrogens with two attached hydrogens (primary N) is 1. The lowest BCUT2D eigenvalue weighted by atomic mass is 10.0. The van der Waals surface area contributed by atoms with Crippen LogP contribution >= 0.6 is 0 Å². The first-order valence-corrected chi connectivity index (χ1v) is 9.23. The summed E-state index contributed by atoms with van der Waals surface area (Å²) in [5.41, 5.74) is 5.92. The second kappa shape index (κ2) is 11.8. The molecule has 0 spiro atoms. The normalized spacial score (nSPS) is 29.4. The van der Waals surface area contributed by atoms with Gasteiger partial charge in [-0.25, -0.2) is 0 Å². The molecule has 0 aromatic carbocycles. The summed E-state index contributed by atoms with van der Waals surface area (Å²) in [6.45, 7) is 2.07. The van der Waals surface area contributed by atoms with Crippen LogP contribution in [0.1, 0.15) is 45.4 Å². The van der Waals surface area contributed by atoms with E-state index in [9.17, 15) is 20.1 Å². The van der Waals surface area contributed by atoms with Gasteiger partial charge in [-0.2, -0.15) is 0 Å². The maximum Gasteiger partial charge on any atom is 0.239 e. The van der Waals surface area contributed by atoms with Gasteiger partial charge in [0.05, 0.1) is 12.6 Å². The summed E-state index contributed by atoms with van der Waals surface area (Å²) in [4.78, 5) is 14.0. The number of rotatable bonds is 5. The zero-order chi connectivity index (χ0) is 18.8. The van der Waals surface area contributed by atoms with Crippen molar-refractivity contribution in [1.29, 1.82) is 0 Å². The third-order valence-electron chi connectivity index (χ3n) is 4.57. The topological polar surface area (TPSA) is 136 Å². The molecule has 0 aliphatic carbocycles. The highest BCUT2D eigenvalue weighted by Gasteiger charge is 2.35. The minimum atomic E-state index is -1.42. The highest BCUT2D eigenvalue weighted by atomic mass is 16.5. The van der Waals surface area contributed by atoms with Gasteiger partial charge in [0.2, 0.25) is 5.91 Å². The van der Waals surface area contributed by atoms with Crippen LogP contribution in [0.4, 0.5) is 0 Å². The van der Waals surface area contributed by atoms with Gasteiger partial charge in [-0.1, -0.05) is 26.2 Å². The summed E-state index contributed by atoms with van der Waals surface area (Å²) >= 11 is 0. The molecule has 1 aliphatic rings. The van der Waals surface area contributed by atoms with Crippen LogP contribution in [0, 0.1) is 0 Å². The number of ether oxygens (including phenoxy) is 1. The van der Waals surface area contributed by atoms with Crippen molar-refractivity contribution >= 4 is 5.91 Å². The first-order chi connectivity index (χ1) is 11.9. The molecule has 1 saturated heterocycles. The van der Waals surface area contributed by atoms with Gasteiger partial charge in [0.1, 0.15) is 24.4 Å². The Morgan fingerprint density at radius 3 is 2.60 bits per heavy atom. The molecule has 1 aliphatic heterocycles. The zero-order valence-corrected chi connectivity index (χ0v) is 15.1. The summed E-state index contributed by atoms with van der Waals surface area (Å²) in [5, 5.41) is 39.7. The van der Waals surface area contributed by atoms with Gasteiger partial charge < -0.3 is 35.8 Å². The fourth-order valence-electron chi connectivity index (χ4n) is 3.03. The van der Waals surface area contributed by atoms with Crippen molar-refractivity contribution in [2.45, 2.75) is 75.9 Å². The Bertz CT molecular complexity index is 384. The molecule has 0 aromatic heterocycles. The molecule has 1 amide bonds. The van der Waals surface area contributed by atoms with Crippen molar-refractivity contribution in [3.8, 4) is 0 Å². The maximum absolute atomic E-state index is 12.5. The van der Waals surface area contributed by atoms with E-state index in [0.29, 0.717) is 19.6 Å². The third kappa shape index (κ3) is 7.16. The first-order valence-electron chi connectivity index (χ1n) is 9.23. The van der Waals surface area contributed by atoms with E-state index >= 15 is 0 Å². The van der Waals surface area contributed by atoms with Crippen molar-refractivity contribution in [3.05, 3.63) is 0 Å². The summed E-state index contributed by atoms with van der Waals surface area (Å²) in [5.74, 6) is -0.245. The second-order valence-corrected chi connectivity index (χ2v) is 6.74. The van der Waals surface area contributed by atoms with E-state index in [-0.39, 0.29) is 12.5 Å². The largest absolute Gasteiger partial charge is 0.394 e. The Morgan fingerprint density at radius 2 is 1.96 bits per heavy atom. The molecule has 5 atom stereocenters. The molecule has 148 valence electrons. The zero-order valence-electron chi connectivity index (χ0n) is 15.1. The molecule has 0 saturated carbocycles. The number of hydrogen-bond donors (Lipinski definition) is 5. The lowest BCUT2D eigenvalue weighted by Gasteiger charge is -2.34. The Labute approximate surface area is 149 Å². The van der Waals surface area contributed by atoms with Crippen LogP contribution in [0.5, 0.6) is 0 Å². The molecular formula is C17H34N2O6. The standard InChI is InChI=1S/C17H34N2O6/c1-2-7-12(18)17(24)19-8-5-3-4-6-9-25-16(14(22)11-20)15(23)13(21)10-19/h12-16,20-23H,2-11,18H2,1H3/t12-,13-,14-,15-,16-/m1/s1. The monoisotopic (exact) mass is 362 g/mol. The summed E-state index contributed by atoms with van der Waals surface area (Å²) in [7, 11) is 0. The average Bonchev–Trinajstić information content (AvgIpc) is 2.60. The molecule has 0 aromatic rings.